The predicted octanol–water partition coefficient (Wildman–Crippen LogP) is 1.50. The number of methoxy groups -OCH3 is 1. The second-order valence-electron chi connectivity index (χ2n) is 9.90. The van der Waals surface area contributed by atoms with Crippen LogP contribution in [-0.4, -0.2) is 62.6 Å². The van der Waals surface area contributed by atoms with E-state index >= 15 is 0 Å². The normalized spacial score (nSPS) is 17.3. The summed E-state index contributed by atoms with van der Waals surface area (Å²) < 4.78 is 11.0. The Balaban J connectivity index is 2.10. The van der Waals surface area contributed by atoms with Gasteiger partial charge < -0.3 is 29.5 Å². The maximum atomic E-state index is 13.8. The Hall–Kier alpha value is -3.52. The molecule has 0 radical (unpaired) electrons. The Kier molecular flexibility index (Phi) is 8.63. The van der Waals surface area contributed by atoms with Crippen molar-refractivity contribution in [3.05, 3.63) is 58.7 Å². The molecule has 2 aromatic rings. The minimum absolute atomic E-state index is 0.0691. The van der Waals surface area contributed by atoms with Gasteiger partial charge in [0.15, 0.2) is 11.5 Å². The first kappa shape index (κ1) is 27.1. The fraction of sp³-hybridized carbons (Fsp3) is 0.429. The second kappa shape index (κ2) is 11.5. The van der Waals surface area contributed by atoms with Crippen molar-refractivity contribution in [2.75, 3.05) is 40.9 Å². The molecule has 1 aliphatic rings. The zero-order valence-corrected chi connectivity index (χ0v) is 21.9. The van der Waals surface area contributed by atoms with Crippen LogP contribution >= 0.6 is 0 Å². The molecule has 0 bridgehead atoms. The maximum Gasteiger partial charge on any atom is 0.295 e. The van der Waals surface area contributed by atoms with Gasteiger partial charge in [-0.2, -0.15) is 0 Å². The van der Waals surface area contributed by atoms with E-state index in [1.807, 2.05) is 27.9 Å². The number of quaternary nitrogens is 1. The molecule has 36 heavy (non-hydrogen) atoms. The largest absolute Gasteiger partial charge is 0.872 e. The summed E-state index contributed by atoms with van der Waals surface area (Å²) in [6.07, 6.45) is 0.662. The Morgan fingerprint density at radius 3 is 2.50 bits per heavy atom. The summed E-state index contributed by atoms with van der Waals surface area (Å²) >= 11 is 0. The highest BCUT2D eigenvalue weighted by Gasteiger charge is 2.44. The first-order chi connectivity index (χ1) is 17.0. The van der Waals surface area contributed by atoms with Crippen molar-refractivity contribution < 1.29 is 34.2 Å². The van der Waals surface area contributed by atoms with Gasteiger partial charge >= 0.3 is 0 Å². The maximum absolute atomic E-state index is 13.8. The number of hydrogen-bond acceptors (Lipinski definition) is 6. The minimum Gasteiger partial charge on any atom is -0.872 e. The third kappa shape index (κ3) is 5.82. The number of phenolic OH excluding ortho intramolecular Hbond substituents is 1. The van der Waals surface area contributed by atoms with Gasteiger partial charge in [0.1, 0.15) is 5.75 Å². The molecule has 1 saturated heterocycles. The summed E-state index contributed by atoms with van der Waals surface area (Å²) in [7, 11) is 5.44. The number of hydrogen-bond donors (Lipinski definition) is 2. The Labute approximate surface area is 212 Å². The van der Waals surface area contributed by atoms with E-state index in [1.165, 1.54) is 23.0 Å². The molecule has 0 spiro atoms. The van der Waals surface area contributed by atoms with Gasteiger partial charge in [0.05, 0.1) is 40.4 Å². The van der Waals surface area contributed by atoms with E-state index in [0.29, 0.717) is 47.9 Å². The van der Waals surface area contributed by atoms with E-state index in [1.54, 1.807) is 37.3 Å². The molecule has 1 fully saturated rings. The van der Waals surface area contributed by atoms with Gasteiger partial charge in [-0.25, -0.2) is 0 Å². The summed E-state index contributed by atoms with van der Waals surface area (Å²) in [5, 5.41) is 23.9. The third-order valence-corrected chi connectivity index (χ3v) is 6.15. The number of amides is 1. The van der Waals surface area contributed by atoms with E-state index in [-0.39, 0.29) is 17.1 Å². The van der Waals surface area contributed by atoms with Gasteiger partial charge in [-0.15, -0.1) is 0 Å². The van der Waals surface area contributed by atoms with Crippen molar-refractivity contribution in [3.63, 3.8) is 0 Å². The summed E-state index contributed by atoms with van der Waals surface area (Å²) in [5.41, 5.74) is 1.44. The number of carbonyl (C=O) groups excluding carboxylic acids is 2. The van der Waals surface area contributed by atoms with Crippen molar-refractivity contribution in [1.82, 2.24) is 4.90 Å². The number of nitrogens with zero attached hydrogens (tertiary/aromatic N) is 1. The Morgan fingerprint density at radius 2 is 1.89 bits per heavy atom. The summed E-state index contributed by atoms with van der Waals surface area (Å²) in [5.74, 6) is -0.852. The zero-order chi connectivity index (χ0) is 26.6. The highest BCUT2D eigenvalue weighted by atomic mass is 16.5. The van der Waals surface area contributed by atoms with E-state index in [0.717, 1.165) is 6.54 Å². The molecule has 8 heteroatoms. The highest BCUT2D eigenvalue weighted by molar-refractivity contribution is 6.46. The molecule has 3 rings (SSSR count). The number of likely N-dealkylation sites (tertiary alicyclic amines) is 1. The monoisotopic (exact) mass is 496 g/mol. The van der Waals surface area contributed by atoms with Gasteiger partial charge in [0.2, 0.25) is 5.78 Å². The van der Waals surface area contributed by atoms with Crippen molar-refractivity contribution in [2.45, 2.75) is 33.2 Å². The number of ether oxygens (including phenoxy) is 2. The average Bonchev–Trinajstić information content (AvgIpc) is 3.07. The second-order valence-corrected chi connectivity index (χ2v) is 9.90. The van der Waals surface area contributed by atoms with Crippen LogP contribution in [0.4, 0.5) is 0 Å². The number of aryl methyl sites for hydroxylation is 1. The molecule has 194 valence electrons. The first-order valence-corrected chi connectivity index (χ1v) is 12.2. The van der Waals surface area contributed by atoms with Crippen molar-refractivity contribution in [1.29, 1.82) is 0 Å². The fourth-order valence-corrected chi connectivity index (χ4v) is 4.30. The molecule has 1 atom stereocenters. The van der Waals surface area contributed by atoms with Crippen LogP contribution in [0.15, 0.2) is 42.0 Å². The van der Waals surface area contributed by atoms with Crippen LogP contribution in [0.3, 0.4) is 0 Å². The van der Waals surface area contributed by atoms with Crippen molar-refractivity contribution in [2.24, 2.45) is 5.92 Å². The molecule has 2 aromatic carbocycles. The number of nitrogens with one attached hydrogen (secondary N) is 1. The van der Waals surface area contributed by atoms with Crippen LogP contribution in [0, 0.1) is 12.8 Å². The van der Waals surface area contributed by atoms with Crippen molar-refractivity contribution in [3.8, 4) is 17.2 Å². The van der Waals surface area contributed by atoms with Crippen LogP contribution in [0.2, 0.25) is 0 Å². The van der Waals surface area contributed by atoms with Gasteiger partial charge in [-0.3, -0.25) is 9.59 Å². The summed E-state index contributed by atoms with van der Waals surface area (Å²) in [4.78, 5) is 29.0. The molecular weight excluding hydrogens is 460 g/mol. The number of phenols is 1. The zero-order valence-electron chi connectivity index (χ0n) is 21.9. The number of aromatic hydroxyl groups is 1. The molecule has 1 amide bonds. The van der Waals surface area contributed by atoms with Gasteiger partial charge in [0, 0.05) is 18.5 Å². The van der Waals surface area contributed by atoms with Crippen LogP contribution in [-0.2, 0) is 9.59 Å². The standard InChI is InChI=1S/C28H36N2O6/c1-17(2)16-36-20-9-10-21(18(3)14-20)26(32)24-25(19-8-11-22(31)23(15-19)35-6)30(28(34)27(24)33)13-7-12-29(4)5/h8-11,14-15,17,25,31-32H,7,12-13,16H2,1-6H3/b26-24+. The Bertz CT molecular complexity index is 1150. The molecule has 0 aromatic heterocycles. The van der Waals surface area contributed by atoms with Gasteiger partial charge in [-0.05, 0) is 53.8 Å². The molecule has 0 aliphatic carbocycles. The number of Topliss-reactive ketones (excluding diaryl/α,β-unsaturated/α-hetero) is 1. The smallest absolute Gasteiger partial charge is 0.295 e. The first-order valence-electron chi connectivity index (χ1n) is 12.2. The lowest BCUT2D eigenvalue weighted by Crippen LogP contribution is -3.05. The molecule has 2 N–H and O–H groups in total. The molecule has 1 unspecified atom stereocenters. The number of rotatable bonds is 10. The summed E-state index contributed by atoms with van der Waals surface area (Å²) in [6.45, 7) is 7.55. The van der Waals surface area contributed by atoms with Gasteiger partial charge in [0.25, 0.3) is 5.91 Å². The SMILES string of the molecule is COc1cc(C2/C(=C(\[O-])c3ccc(OCC(C)C)cc3C)C(=O)C(=O)N2CCC[NH+](C)C)ccc1O. The minimum atomic E-state index is -0.875. The predicted molar refractivity (Wildman–Crippen MR) is 135 cm³/mol. The van der Waals surface area contributed by atoms with Crippen LogP contribution in [0.1, 0.15) is 43.0 Å². The average molecular weight is 497 g/mol. The quantitative estimate of drug-likeness (QED) is 0.294. The lowest BCUT2D eigenvalue weighted by molar-refractivity contribution is -0.858. The molecule has 0 saturated carbocycles. The summed E-state index contributed by atoms with van der Waals surface area (Å²) in [6, 6.07) is 8.87. The van der Waals surface area contributed by atoms with Crippen molar-refractivity contribution >= 4 is 17.4 Å². The third-order valence-electron chi connectivity index (χ3n) is 6.15. The topological polar surface area (TPSA) is 104 Å². The highest BCUT2D eigenvalue weighted by Crippen LogP contribution is 2.41. The fourth-order valence-electron chi connectivity index (χ4n) is 4.30. The van der Waals surface area contributed by atoms with E-state index in [2.05, 4.69) is 0 Å². The van der Waals surface area contributed by atoms with Crippen LogP contribution in [0.5, 0.6) is 17.2 Å². The van der Waals surface area contributed by atoms with Gasteiger partial charge in [-0.1, -0.05) is 31.7 Å². The molecule has 1 aliphatic heterocycles. The van der Waals surface area contributed by atoms with E-state index in [4.69, 9.17) is 9.47 Å². The number of carbonyl (C=O) groups is 2. The lowest BCUT2D eigenvalue weighted by atomic mass is 9.93. The molecule has 1 heterocycles. The Morgan fingerprint density at radius 1 is 1.17 bits per heavy atom. The van der Waals surface area contributed by atoms with Crippen LogP contribution in [0.25, 0.3) is 5.76 Å². The molecular formula is C28H36N2O6. The van der Waals surface area contributed by atoms with E-state index < -0.39 is 23.5 Å². The number of benzene rings is 2. The molecule has 8 nitrogen and oxygen atoms in total. The lowest BCUT2D eigenvalue weighted by Gasteiger charge is -2.28. The van der Waals surface area contributed by atoms with Crippen LogP contribution < -0.4 is 19.5 Å². The van der Waals surface area contributed by atoms with E-state index in [9.17, 15) is 19.8 Å². The number of ketones is 1.